The van der Waals surface area contributed by atoms with Gasteiger partial charge in [0.15, 0.2) is 11.1 Å². The van der Waals surface area contributed by atoms with Crippen molar-refractivity contribution in [1.29, 1.82) is 0 Å². The third-order valence-corrected chi connectivity index (χ3v) is 2.15. The summed E-state index contributed by atoms with van der Waals surface area (Å²) in [5.74, 6) is 1.09. The lowest BCUT2D eigenvalue weighted by molar-refractivity contribution is 0.585. The summed E-state index contributed by atoms with van der Waals surface area (Å²) in [7, 11) is 1.71. The van der Waals surface area contributed by atoms with Crippen molar-refractivity contribution in [1.82, 2.24) is 8.75 Å². The molecule has 0 amide bonds. The van der Waals surface area contributed by atoms with Gasteiger partial charge in [-0.15, -0.1) is 0 Å². The first-order valence-electron chi connectivity index (χ1n) is 3.99. The minimum absolute atomic E-state index is 0.537. The van der Waals surface area contributed by atoms with E-state index in [0.717, 1.165) is 6.42 Å². The molecule has 4 N–H and O–H groups in total. The molecule has 1 aromatic rings. The van der Waals surface area contributed by atoms with E-state index in [0.29, 0.717) is 24.7 Å². The molecule has 0 aromatic carbocycles. The number of nitrogens with one attached hydrogen (secondary N) is 2. The molecule has 1 unspecified atom stereocenters. The molecule has 0 spiro atoms. The van der Waals surface area contributed by atoms with Crippen molar-refractivity contribution in [3.05, 3.63) is 0 Å². The van der Waals surface area contributed by atoms with Crippen LogP contribution >= 0.6 is 11.1 Å². The zero-order valence-corrected chi connectivity index (χ0v) is 8.23. The van der Waals surface area contributed by atoms with E-state index < -0.39 is 11.1 Å². The molecule has 0 fully saturated rings. The maximum atomic E-state index is 10.9. The Morgan fingerprint density at radius 2 is 2.15 bits per heavy atom. The predicted octanol–water partition coefficient (Wildman–Crippen LogP) is 0.00660. The number of anilines is 2. The van der Waals surface area contributed by atoms with Crippen molar-refractivity contribution in [3.63, 3.8) is 0 Å². The first kappa shape index (κ1) is 10.2. The van der Waals surface area contributed by atoms with E-state index in [1.807, 2.05) is 0 Å². The van der Waals surface area contributed by atoms with Crippen molar-refractivity contribution in [3.8, 4) is 0 Å². The summed E-state index contributed by atoms with van der Waals surface area (Å²) in [5, 5.41) is 5.80. The minimum atomic E-state index is -1.47. The third kappa shape index (κ3) is 2.79. The molecule has 1 heterocycles. The molecule has 74 valence electrons. The van der Waals surface area contributed by atoms with Crippen LogP contribution in [0.1, 0.15) is 6.42 Å². The van der Waals surface area contributed by atoms with Crippen LogP contribution in [0.15, 0.2) is 0 Å². The Balaban J connectivity index is 2.53. The zero-order chi connectivity index (χ0) is 9.68. The van der Waals surface area contributed by atoms with Crippen molar-refractivity contribution in [2.45, 2.75) is 6.42 Å². The lowest BCUT2D eigenvalue weighted by atomic mass is 10.4. The highest BCUT2D eigenvalue weighted by molar-refractivity contribution is 7.14. The van der Waals surface area contributed by atoms with Gasteiger partial charge in [-0.2, -0.15) is 0 Å². The second-order valence-corrected chi connectivity index (χ2v) is 3.26. The van der Waals surface area contributed by atoms with E-state index in [2.05, 4.69) is 19.4 Å². The molecule has 7 heteroatoms. The summed E-state index contributed by atoms with van der Waals surface area (Å²) in [6.07, 6.45) is 0.850. The smallest absolute Gasteiger partial charge is 0.232 e. The van der Waals surface area contributed by atoms with Crippen LogP contribution in [0.3, 0.4) is 0 Å². The van der Waals surface area contributed by atoms with Crippen molar-refractivity contribution in [2.75, 3.05) is 30.8 Å². The van der Waals surface area contributed by atoms with Gasteiger partial charge in [-0.3, -0.25) is 0 Å². The van der Waals surface area contributed by atoms with Crippen molar-refractivity contribution in [2.24, 2.45) is 5.73 Å². The van der Waals surface area contributed by atoms with Crippen LogP contribution in [0.4, 0.5) is 11.6 Å². The molecule has 13 heavy (non-hydrogen) atoms. The zero-order valence-electron chi connectivity index (χ0n) is 7.41. The topological polar surface area (TPSA) is 98.9 Å². The molecule has 0 aliphatic rings. The fraction of sp³-hybridized carbons (Fsp3) is 0.667. The van der Waals surface area contributed by atoms with E-state index in [1.165, 1.54) is 0 Å². The Labute approximate surface area is 79.7 Å². The van der Waals surface area contributed by atoms with Gasteiger partial charge in [0.25, 0.3) is 0 Å². The third-order valence-electron chi connectivity index (χ3n) is 1.47. The SMILES string of the molecule is CNc1n[s+]([O-])nc1NCCCN. The van der Waals surface area contributed by atoms with Gasteiger partial charge < -0.3 is 20.9 Å². The lowest BCUT2D eigenvalue weighted by Crippen LogP contribution is -2.09. The molecule has 0 aliphatic carbocycles. The standard InChI is InChI=1S/C6H13N5OS/c1-8-5-6(9-4-2-3-7)11-13(12)10-5/h2-4,7H2,1H3,(H,8,10)(H,9,11). The molecule has 0 saturated heterocycles. The summed E-state index contributed by atoms with van der Waals surface area (Å²) >= 11 is -1.47. The number of nitrogens with two attached hydrogens (primary N) is 1. The van der Waals surface area contributed by atoms with Gasteiger partial charge in [-0.1, -0.05) is 0 Å². The fourth-order valence-corrected chi connectivity index (χ4v) is 1.53. The Morgan fingerprint density at radius 1 is 1.46 bits per heavy atom. The predicted molar refractivity (Wildman–Crippen MR) is 52.4 cm³/mol. The second-order valence-electron chi connectivity index (χ2n) is 2.43. The highest BCUT2D eigenvalue weighted by atomic mass is 32.2. The highest BCUT2D eigenvalue weighted by Gasteiger charge is 2.12. The number of aromatic nitrogens is 2. The maximum absolute atomic E-state index is 10.9. The first-order valence-corrected chi connectivity index (χ1v) is 5.05. The summed E-state index contributed by atoms with van der Waals surface area (Å²) in [5.41, 5.74) is 5.32. The van der Waals surface area contributed by atoms with E-state index >= 15 is 0 Å². The summed E-state index contributed by atoms with van der Waals surface area (Å²) in [6, 6.07) is 0. The summed E-state index contributed by atoms with van der Waals surface area (Å²) in [6.45, 7) is 1.34. The van der Waals surface area contributed by atoms with Crippen LogP contribution < -0.4 is 16.4 Å². The Bertz CT molecular complexity index is 264. The van der Waals surface area contributed by atoms with Crippen LogP contribution in [-0.2, 0) is 0 Å². The van der Waals surface area contributed by atoms with E-state index in [-0.39, 0.29) is 0 Å². The summed E-state index contributed by atoms with van der Waals surface area (Å²) < 4.78 is 18.4. The van der Waals surface area contributed by atoms with Gasteiger partial charge in [0.2, 0.25) is 11.6 Å². The van der Waals surface area contributed by atoms with Gasteiger partial charge >= 0.3 is 0 Å². The Hall–Kier alpha value is -0.920. The molecule has 6 nitrogen and oxygen atoms in total. The largest absolute Gasteiger partial charge is 0.546 e. The van der Waals surface area contributed by atoms with Crippen LogP contribution in [0, 0.1) is 0 Å². The van der Waals surface area contributed by atoms with Crippen LogP contribution in [0.2, 0.25) is 0 Å². The molecule has 1 atom stereocenters. The van der Waals surface area contributed by atoms with Gasteiger partial charge in [0.05, 0.1) is 0 Å². The number of hydrogen-bond acceptors (Lipinski definition) is 6. The van der Waals surface area contributed by atoms with E-state index in [4.69, 9.17) is 5.73 Å². The van der Waals surface area contributed by atoms with E-state index in [1.54, 1.807) is 7.05 Å². The number of rotatable bonds is 5. The maximum Gasteiger partial charge on any atom is 0.232 e. The molecular formula is C6H13N5OS. The van der Waals surface area contributed by atoms with Crippen LogP contribution in [0.25, 0.3) is 0 Å². The van der Waals surface area contributed by atoms with Crippen molar-refractivity contribution < 1.29 is 4.55 Å². The minimum Gasteiger partial charge on any atom is -0.546 e. The fourth-order valence-electron chi connectivity index (χ4n) is 0.852. The van der Waals surface area contributed by atoms with Gasteiger partial charge in [-0.25, -0.2) is 0 Å². The van der Waals surface area contributed by atoms with E-state index in [9.17, 15) is 4.55 Å². The molecule has 0 radical (unpaired) electrons. The molecule has 1 rings (SSSR count). The average molecular weight is 203 g/mol. The molecule has 0 bridgehead atoms. The van der Waals surface area contributed by atoms with Gasteiger partial charge in [-0.05, 0) is 13.0 Å². The first-order chi connectivity index (χ1) is 6.27. The summed E-state index contributed by atoms with van der Waals surface area (Å²) in [4.78, 5) is 0. The Morgan fingerprint density at radius 3 is 2.77 bits per heavy atom. The van der Waals surface area contributed by atoms with Crippen LogP contribution in [0.5, 0.6) is 0 Å². The molecule has 0 aliphatic heterocycles. The van der Waals surface area contributed by atoms with Crippen LogP contribution in [-0.4, -0.2) is 33.4 Å². The van der Waals surface area contributed by atoms with Crippen molar-refractivity contribution >= 4 is 22.8 Å². The molecule has 1 aromatic heterocycles. The average Bonchev–Trinajstić information content (AvgIpc) is 2.47. The molecule has 0 saturated carbocycles. The quantitative estimate of drug-likeness (QED) is 0.460. The Kier molecular flexibility index (Phi) is 3.87. The number of hydrogen-bond donors (Lipinski definition) is 3. The van der Waals surface area contributed by atoms with Gasteiger partial charge in [0.1, 0.15) is 0 Å². The normalized spacial score (nSPS) is 11.5. The number of nitrogens with zero attached hydrogens (tertiary/aromatic N) is 2. The monoisotopic (exact) mass is 203 g/mol. The van der Waals surface area contributed by atoms with Gasteiger partial charge in [0, 0.05) is 22.3 Å². The lowest BCUT2D eigenvalue weighted by Gasteiger charge is -2.00. The highest BCUT2D eigenvalue weighted by Crippen LogP contribution is 2.21. The second kappa shape index (κ2) is 4.95. The molecular weight excluding hydrogens is 190 g/mol.